The molecule has 0 aliphatic heterocycles. The fourth-order valence-corrected chi connectivity index (χ4v) is 3.94. The van der Waals surface area contributed by atoms with Gasteiger partial charge in [-0.25, -0.2) is 4.98 Å². The highest BCUT2D eigenvalue weighted by Crippen LogP contribution is 2.20. The van der Waals surface area contributed by atoms with Crippen molar-refractivity contribution in [2.24, 2.45) is 0 Å². The molecule has 8 heteroatoms. The predicted molar refractivity (Wildman–Crippen MR) is 113 cm³/mol. The van der Waals surface area contributed by atoms with Crippen molar-refractivity contribution >= 4 is 33.6 Å². The smallest absolute Gasteiger partial charge is 0.256 e. The van der Waals surface area contributed by atoms with Gasteiger partial charge in [0.15, 0.2) is 0 Å². The molecule has 0 fully saturated rings. The van der Waals surface area contributed by atoms with Crippen molar-refractivity contribution < 1.29 is 0 Å². The molecule has 3 aromatic rings. The molecule has 6 nitrogen and oxygen atoms in total. The molecule has 0 bridgehead atoms. The van der Waals surface area contributed by atoms with Crippen molar-refractivity contribution in [3.63, 3.8) is 0 Å². The lowest BCUT2D eigenvalue weighted by molar-refractivity contribution is 0.867. The van der Waals surface area contributed by atoms with E-state index < -0.39 is 0 Å². The second-order valence-corrected chi connectivity index (χ2v) is 7.90. The van der Waals surface area contributed by atoms with E-state index in [1.807, 2.05) is 31.2 Å². The highest BCUT2D eigenvalue weighted by atomic mass is 79.9. The van der Waals surface area contributed by atoms with Crippen LogP contribution in [0.25, 0.3) is 0 Å². The molecule has 27 heavy (non-hydrogen) atoms. The standard InChI is InChI=1S/C19H20BrN5OS/c1-13(14-4-2-6-21-10-14)15-11-24-19(25-18(15)26)23-8-9-27-12-17-16(20)5-3-7-22-17/h2-7,10-11,13H,8-9,12H2,1H3,(H2,23,24,25,26). The third-order valence-corrected chi connectivity index (χ3v) is 5.78. The van der Waals surface area contributed by atoms with E-state index >= 15 is 0 Å². The van der Waals surface area contributed by atoms with Crippen LogP contribution >= 0.6 is 27.7 Å². The van der Waals surface area contributed by atoms with Crippen molar-refractivity contribution in [3.05, 3.63) is 80.7 Å². The number of H-pyrrole nitrogens is 1. The summed E-state index contributed by atoms with van der Waals surface area (Å²) in [7, 11) is 0. The summed E-state index contributed by atoms with van der Waals surface area (Å²) in [6.45, 7) is 2.68. The van der Waals surface area contributed by atoms with E-state index in [0.717, 1.165) is 27.2 Å². The van der Waals surface area contributed by atoms with Crippen LogP contribution in [0.5, 0.6) is 0 Å². The summed E-state index contributed by atoms with van der Waals surface area (Å²) in [5, 5.41) is 3.16. The van der Waals surface area contributed by atoms with Crippen LogP contribution in [0.3, 0.4) is 0 Å². The van der Waals surface area contributed by atoms with E-state index in [9.17, 15) is 4.79 Å². The molecule has 0 amide bonds. The third-order valence-electron chi connectivity index (χ3n) is 4.09. The monoisotopic (exact) mass is 445 g/mol. The number of nitrogens with one attached hydrogen (secondary N) is 2. The number of rotatable bonds is 8. The van der Waals surface area contributed by atoms with Crippen LogP contribution < -0.4 is 10.9 Å². The average Bonchev–Trinajstić information content (AvgIpc) is 2.69. The number of hydrogen-bond donors (Lipinski definition) is 2. The van der Waals surface area contributed by atoms with E-state index in [1.165, 1.54) is 0 Å². The zero-order chi connectivity index (χ0) is 19.1. The molecule has 0 aliphatic carbocycles. The number of aromatic nitrogens is 4. The fourth-order valence-electron chi connectivity index (χ4n) is 2.55. The van der Waals surface area contributed by atoms with Gasteiger partial charge >= 0.3 is 0 Å². The summed E-state index contributed by atoms with van der Waals surface area (Å²) in [6, 6.07) is 7.72. The molecule has 3 heterocycles. The molecule has 0 radical (unpaired) electrons. The molecule has 0 aliphatic rings. The summed E-state index contributed by atoms with van der Waals surface area (Å²) in [4.78, 5) is 28.0. The Labute approximate surface area is 170 Å². The Morgan fingerprint density at radius 3 is 2.81 bits per heavy atom. The SMILES string of the molecule is CC(c1cccnc1)c1cnc(NCCSCc2ncccc2Br)[nH]c1=O. The molecule has 1 atom stereocenters. The molecule has 3 rings (SSSR count). The normalized spacial score (nSPS) is 11.9. The molecule has 3 aromatic heterocycles. The van der Waals surface area contributed by atoms with Crippen LogP contribution in [0, 0.1) is 0 Å². The van der Waals surface area contributed by atoms with Crippen molar-refractivity contribution in [2.75, 3.05) is 17.6 Å². The number of pyridine rings is 2. The van der Waals surface area contributed by atoms with E-state index in [1.54, 1.807) is 36.5 Å². The number of anilines is 1. The summed E-state index contributed by atoms with van der Waals surface area (Å²) in [6.07, 6.45) is 6.92. The number of halogens is 1. The Bertz CT molecular complexity index is 935. The summed E-state index contributed by atoms with van der Waals surface area (Å²) < 4.78 is 1.02. The Hall–Kier alpha value is -2.19. The number of hydrogen-bond acceptors (Lipinski definition) is 6. The molecular formula is C19H20BrN5OS. The van der Waals surface area contributed by atoms with Gasteiger partial charge in [-0.15, -0.1) is 0 Å². The summed E-state index contributed by atoms with van der Waals surface area (Å²) >= 11 is 5.27. The summed E-state index contributed by atoms with van der Waals surface area (Å²) in [5.41, 5.74) is 2.52. The van der Waals surface area contributed by atoms with Gasteiger partial charge in [0.1, 0.15) is 0 Å². The maximum Gasteiger partial charge on any atom is 0.256 e. The van der Waals surface area contributed by atoms with Crippen LogP contribution in [0.2, 0.25) is 0 Å². The van der Waals surface area contributed by atoms with Crippen molar-refractivity contribution in [2.45, 2.75) is 18.6 Å². The highest BCUT2D eigenvalue weighted by Gasteiger charge is 2.13. The molecule has 0 saturated heterocycles. The first-order chi connectivity index (χ1) is 13.1. The van der Waals surface area contributed by atoms with Gasteiger partial charge in [-0.2, -0.15) is 11.8 Å². The average molecular weight is 446 g/mol. The van der Waals surface area contributed by atoms with Gasteiger partial charge in [0.25, 0.3) is 5.56 Å². The predicted octanol–water partition coefficient (Wildman–Crippen LogP) is 3.82. The van der Waals surface area contributed by atoms with Crippen LogP contribution in [0.15, 0.2) is 58.3 Å². The fraction of sp³-hybridized carbons (Fsp3) is 0.263. The minimum atomic E-state index is -0.131. The minimum Gasteiger partial charge on any atom is -0.355 e. The third kappa shape index (κ3) is 5.40. The largest absolute Gasteiger partial charge is 0.355 e. The van der Waals surface area contributed by atoms with E-state index in [-0.39, 0.29) is 11.5 Å². The van der Waals surface area contributed by atoms with Gasteiger partial charge < -0.3 is 5.32 Å². The molecule has 140 valence electrons. The number of aromatic amines is 1. The molecule has 1 unspecified atom stereocenters. The van der Waals surface area contributed by atoms with Gasteiger partial charge in [-0.3, -0.25) is 19.7 Å². The zero-order valence-electron chi connectivity index (χ0n) is 14.9. The van der Waals surface area contributed by atoms with Crippen molar-refractivity contribution in [3.8, 4) is 0 Å². The van der Waals surface area contributed by atoms with E-state index in [2.05, 4.69) is 41.2 Å². The first kappa shape index (κ1) is 19.6. The quantitative estimate of drug-likeness (QED) is 0.512. The second-order valence-electron chi connectivity index (χ2n) is 5.94. The molecular weight excluding hydrogens is 426 g/mol. The molecule has 0 spiro atoms. The van der Waals surface area contributed by atoms with Gasteiger partial charge in [0.05, 0.1) is 5.69 Å². The lowest BCUT2D eigenvalue weighted by atomic mass is 9.97. The van der Waals surface area contributed by atoms with Gasteiger partial charge in [-0.1, -0.05) is 13.0 Å². The highest BCUT2D eigenvalue weighted by molar-refractivity contribution is 9.10. The van der Waals surface area contributed by atoms with Gasteiger partial charge in [-0.05, 0) is 39.7 Å². The number of nitrogens with zero attached hydrogens (tertiary/aromatic N) is 3. The Morgan fingerprint density at radius 2 is 2.07 bits per heavy atom. The first-order valence-electron chi connectivity index (χ1n) is 8.55. The topological polar surface area (TPSA) is 83.6 Å². The lowest BCUT2D eigenvalue weighted by Gasteiger charge is -2.11. The molecule has 2 N–H and O–H groups in total. The van der Waals surface area contributed by atoms with E-state index in [0.29, 0.717) is 18.1 Å². The first-order valence-corrected chi connectivity index (χ1v) is 10.5. The molecule has 0 aromatic carbocycles. The Kier molecular flexibility index (Phi) is 7.00. The van der Waals surface area contributed by atoms with Crippen molar-refractivity contribution in [1.82, 2.24) is 19.9 Å². The van der Waals surface area contributed by atoms with Crippen molar-refractivity contribution in [1.29, 1.82) is 0 Å². The van der Waals surface area contributed by atoms with Gasteiger partial charge in [0.2, 0.25) is 5.95 Å². The Morgan fingerprint density at radius 1 is 1.22 bits per heavy atom. The second kappa shape index (κ2) is 9.66. The maximum absolute atomic E-state index is 12.4. The van der Waals surface area contributed by atoms with E-state index in [4.69, 9.17) is 0 Å². The van der Waals surface area contributed by atoms with Gasteiger partial charge in [0, 0.05) is 58.8 Å². The maximum atomic E-state index is 12.4. The Balaban J connectivity index is 1.51. The van der Waals surface area contributed by atoms with Crippen LogP contribution in [-0.4, -0.2) is 32.2 Å². The van der Waals surface area contributed by atoms with Crippen LogP contribution in [0.4, 0.5) is 5.95 Å². The van der Waals surface area contributed by atoms with Crippen LogP contribution in [0.1, 0.15) is 29.7 Å². The van der Waals surface area contributed by atoms with Crippen LogP contribution in [-0.2, 0) is 5.75 Å². The zero-order valence-corrected chi connectivity index (χ0v) is 17.3. The number of thioether (sulfide) groups is 1. The molecule has 0 saturated carbocycles. The summed E-state index contributed by atoms with van der Waals surface area (Å²) in [5.74, 6) is 2.13. The minimum absolute atomic E-state index is 0.0589. The lowest BCUT2D eigenvalue weighted by Crippen LogP contribution is -2.19.